The van der Waals surface area contributed by atoms with Crippen molar-refractivity contribution in [3.8, 4) is 11.4 Å². The van der Waals surface area contributed by atoms with E-state index < -0.39 is 0 Å². The zero-order valence-electron chi connectivity index (χ0n) is 20.2. The zero-order chi connectivity index (χ0) is 24.0. The summed E-state index contributed by atoms with van der Waals surface area (Å²) in [6, 6.07) is 18.4. The molecule has 3 heterocycles. The van der Waals surface area contributed by atoms with E-state index in [4.69, 9.17) is 4.98 Å². The number of likely N-dealkylation sites (N-methyl/N-ethyl adjacent to an activating group) is 1. The molecule has 0 radical (unpaired) electrons. The molecule has 0 unspecified atom stereocenters. The van der Waals surface area contributed by atoms with Gasteiger partial charge in [-0.2, -0.15) is 5.10 Å². The third-order valence-electron chi connectivity index (χ3n) is 7.43. The van der Waals surface area contributed by atoms with E-state index >= 15 is 0 Å². The van der Waals surface area contributed by atoms with E-state index in [0.717, 1.165) is 83.7 Å². The lowest BCUT2D eigenvalue weighted by Crippen LogP contribution is -2.44. The molecular weight excluding hydrogens is 436 g/mol. The molecule has 2 N–H and O–H groups in total. The number of nitrogens with one attached hydrogen (secondary N) is 2. The van der Waals surface area contributed by atoms with Crippen LogP contribution < -0.4 is 10.2 Å². The number of piperazine rings is 1. The predicted octanol–water partition coefficient (Wildman–Crippen LogP) is 4.10. The number of nitrogens with zero attached hydrogens (tertiary/aromatic N) is 4. The number of aromatic nitrogens is 3. The summed E-state index contributed by atoms with van der Waals surface area (Å²) < 4.78 is 0. The van der Waals surface area contributed by atoms with E-state index in [2.05, 4.69) is 62.7 Å². The van der Waals surface area contributed by atoms with E-state index in [9.17, 15) is 4.79 Å². The number of hydrogen-bond donors (Lipinski definition) is 2. The van der Waals surface area contributed by atoms with Gasteiger partial charge in [0.25, 0.3) is 5.91 Å². The van der Waals surface area contributed by atoms with E-state index in [1.165, 1.54) is 0 Å². The van der Waals surface area contributed by atoms with Crippen LogP contribution in [0.1, 0.15) is 34.3 Å². The average molecular weight is 467 g/mol. The van der Waals surface area contributed by atoms with Gasteiger partial charge in [-0.25, -0.2) is 4.98 Å². The van der Waals surface area contributed by atoms with E-state index in [-0.39, 0.29) is 11.4 Å². The topological polar surface area (TPSA) is 77.1 Å². The fourth-order valence-electron chi connectivity index (χ4n) is 5.09. The normalized spacial score (nSPS) is 17.5. The molecule has 2 aliphatic rings. The molecule has 7 nitrogen and oxygen atoms in total. The lowest BCUT2D eigenvalue weighted by atomic mass is 9.97. The van der Waals surface area contributed by atoms with E-state index in [1.54, 1.807) is 6.20 Å². The summed E-state index contributed by atoms with van der Waals surface area (Å²) in [5.74, 6) is -0.0156. The minimum absolute atomic E-state index is 0.0156. The molecule has 2 aromatic carbocycles. The van der Waals surface area contributed by atoms with Gasteiger partial charge in [0.05, 0.1) is 16.7 Å². The number of fused-ring (bicyclic) bond motifs is 1. The molecule has 1 saturated heterocycles. The Morgan fingerprint density at radius 1 is 1.00 bits per heavy atom. The minimum Gasteiger partial charge on any atom is -0.369 e. The van der Waals surface area contributed by atoms with Gasteiger partial charge in [-0.15, -0.1) is 0 Å². The Balaban J connectivity index is 1.33. The summed E-state index contributed by atoms with van der Waals surface area (Å²) in [7, 11) is 2.15. The Morgan fingerprint density at radius 3 is 2.54 bits per heavy atom. The highest BCUT2D eigenvalue weighted by atomic mass is 16.1. The summed E-state index contributed by atoms with van der Waals surface area (Å²) in [5, 5.41) is 11.7. The fourth-order valence-corrected chi connectivity index (χ4v) is 5.09. The van der Waals surface area contributed by atoms with Crippen molar-refractivity contribution in [2.75, 3.05) is 38.1 Å². The maximum Gasteiger partial charge on any atom is 0.252 e. The van der Waals surface area contributed by atoms with Crippen molar-refractivity contribution in [2.45, 2.75) is 25.3 Å². The number of pyridine rings is 1. The number of aromatic amines is 1. The maximum absolute atomic E-state index is 13.7. The van der Waals surface area contributed by atoms with Crippen LogP contribution in [0.4, 0.5) is 5.69 Å². The molecule has 0 spiro atoms. The van der Waals surface area contributed by atoms with Gasteiger partial charge in [-0.1, -0.05) is 24.3 Å². The van der Waals surface area contributed by atoms with Gasteiger partial charge in [-0.05, 0) is 68.3 Å². The standard InChI is InChI=1S/C28H30N6O/c1-19-7-8-20(34-15-13-33(2)14-16-34)17-22(19)27(35)31-28(10-11-28)23-18-26(25-9-12-29-32-25)30-24-6-4-3-5-21(23)24/h3-9,12,17-18H,10-11,13-16H2,1-2H3,(H,29,32)(H,31,35). The van der Waals surface area contributed by atoms with Gasteiger partial charge in [0.2, 0.25) is 0 Å². The summed E-state index contributed by atoms with van der Waals surface area (Å²) >= 11 is 0. The Labute approximate surface area is 205 Å². The van der Waals surface area contributed by atoms with Crippen LogP contribution in [0, 0.1) is 6.92 Å². The lowest BCUT2D eigenvalue weighted by molar-refractivity contribution is 0.0930. The number of carbonyl (C=O) groups is 1. The fraction of sp³-hybridized carbons (Fsp3) is 0.321. The van der Waals surface area contributed by atoms with Gasteiger partial charge in [0, 0.05) is 49.0 Å². The molecule has 35 heavy (non-hydrogen) atoms. The first-order valence-electron chi connectivity index (χ1n) is 12.3. The summed E-state index contributed by atoms with van der Waals surface area (Å²) in [6.07, 6.45) is 3.62. The zero-order valence-corrected chi connectivity index (χ0v) is 20.2. The summed E-state index contributed by atoms with van der Waals surface area (Å²) in [6.45, 7) is 6.03. The number of amides is 1. The molecule has 7 heteroatoms. The first-order chi connectivity index (χ1) is 17.0. The van der Waals surface area contributed by atoms with Gasteiger partial charge < -0.3 is 15.1 Å². The SMILES string of the molecule is Cc1ccc(N2CCN(C)CC2)cc1C(=O)NC1(c2cc(-c3cc[nH]n3)nc3ccccc23)CC1. The minimum atomic E-state index is -0.388. The van der Waals surface area contributed by atoms with Crippen LogP contribution in [0.15, 0.2) is 60.8 Å². The number of rotatable bonds is 5. The third kappa shape index (κ3) is 4.06. The number of H-pyrrole nitrogens is 1. The van der Waals surface area contributed by atoms with Crippen LogP contribution >= 0.6 is 0 Å². The smallest absolute Gasteiger partial charge is 0.252 e. The number of carbonyl (C=O) groups excluding carboxylic acids is 1. The molecule has 1 aliphatic heterocycles. The Hall–Kier alpha value is -3.71. The predicted molar refractivity (Wildman–Crippen MR) is 139 cm³/mol. The molecule has 2 aromatic heterocycles. The average Bonchev–Trinajstić information content (AvgIpc) is 3.43. The van der Waals surface area contributed by atoms with Gasteiger partial charge in [0.1, 0.15) is 5.69 Å². The lowest BCUT2D eigenvalue weighted by Gasteiger charge is -2.34. The number of benzene rings is 2. The third-order valence-corrected chi connectivity index (χ3v) is 7.43. The van der Waals surface area contributed by atoms with Crippen LogP contribution in [0.5, 0.6) is 0 Å². The number of aryl methyl sites for hydroxylation is 1. The molecule has 6 rings (SSSR count). The summed E-state index contributed by atoms with van der Waals surface area (Å²) in [5.41, 5.74) is 6.11. The van der Waals surface area contributed by atoms with E-state index in [1.807, 2.05) is 31.2 Å². The van der Waals surface area contributed by atoms with Crippen molar-refractivity contribution in [1.29, 1.82) is 0 Å². The number of para-hydroxylation sites is 1. The van der Waals surface area contributed by atoms with E-state index in [0.29, 0.717) is 0 Å². The molecule has 1 saturated carbocycles. The van der Waals surface area contributed by atoms with Gasteiger partial charge in [0.15, 0.2) is 0 Å². The van der Waals surface area contributed by atoms with Crippen molar-refractivity contribution < 1.29 is 4.79 Å². The molecule has 1 amide bonds. The van der Waals surface area contributed by atoms with Crippen LogP contribution in [0.2, 0.25) is 0 Å². The van der Waals surface area contributed by atoms with Crippen molar-refractivity contribution >= 4 is 22.5 Å². The summed E-state index contributed by atoms with van der Waals surface area (Å²) in [4.78, 5) is 23.2. The molecule has 178 valence electrons. The highest BCUT2D eigenvalue weighted by Gasteiger charge is 2.47. The second-order valence-electron chi connectivity index (χ2n) is 9.86. The van der Waals surface area contributed by atoms with Crippen LogP contribution in [0.25, 0.3) is 22.3 Å². The van der Waals surface area contributed by atoms with Crippen LogP contribution in [0.3, 0.4) is 0 Å². The van der Waals surface area contributed by atoms with Crippen molar-refractivity contribution in [3.05, 3.63) is 77.5 Å². The van der Waals surface area contributed by atoms with Gasteiger partial charge >= 0.3 is 0 Å². The highest BCUT2D eigenvalue weighted by Crippen LogP contribution is 2.48. The second-order valence-corrected chi connectivity index (χ2v) is 9.86. The molecule has 1 aliphatic carbocycles. The van der Waals surface area contributed by atoms with Crippen molar-refractivity contribution in [2.24, 2.45) is 0 Å². The Kier molecular flexibility index (Phi) is 5.29. The van der Waals surface area contributed by atoms with Crippen molar-refractivity contribution in [3.63, 3.8) is 0 Å². The van der Waals surface area contributed by atoms with Crippen molar-refractivity contribution in [1.82, 2.24) is 25.4 Å². The Morgan fingerprint density at radius 2 is 1.80 bits per heavy atom. The van der Waals surface area contributed by atoms with Crippen LogP contribution in [-0.4, -0.2) is 59.2 Å². The largest absolute Gasteiger partial charge is 0.369 e. The molecule has 0 atom stereocenters. The highest BCUT2D eigenvalue weighted by molar-refractivity contribution is 5.98. The first kappa shape index (κ1) is 21.8. The molecule has 2 fully saturated rings. The number of hydrogen-bond acceptors (Lipinski definition) is 5. The first-order valence-corrected chi connectivity index (χ1v) is 12.3. The molecule has 0 bridgehead atoms. The monoisotopic (exact) mass is 466 g/mol. The van der Waals surface area contributed by atoms with Gasteiger partial charge in [-0.3, -0.25) is 9.89 Å². The molecule has 4 aromatic rings. The second kappa shape index (κ2) is 8.50. The quantitative estimate of drug-likeness (QED) is 0.463. The number of anilines is 1. The molecular formula is C28H30N6O. The Bertz CT molecular complexity index is 1380. The van der Waals surface area contributed by atoms with Crippen LogP contribution in [-0.2, 0) is 5.54 Å². The maximum atomic E-state index is 13.7.